The summed E-state index contributed by atoms with van der Waals surface area (Å²) in [4.78, 5) is 27.4. The van der Waals surface area contributed by atoms with Crippen molar-refractivity contribution in [3.63, 3.8) is 0 Å². The number of carboxylic acid groups (broad SMARTS) is 1. The molecule has 0 bridgehead atoms. The number of rotatable bonds is 5. The minimum Gasteiger partial charge on any atom is -0.465 e. The standard InChI is InChI=1S/C22H22F3N3O6S/c23-22(24,25)34-16-5-1-14(2-6-16)11-18-21(9-10-27(12-21)20(30)31)13-28(18)19(29)15-3-7-17(8-4-15)35(26,32)33/h1-8,18H,9-13H2,(H,30,31)(H2,26,32,33). The van der Waals surface area contributed by atoms with E-state index < -0.39 is 33.9 Å². The number of primary sulfonamides is 1. The summed E-state index contributed by atoms with van der Waals surface area (Å²) in [6.07, 6.45) is -5.04. The number of ether oxygens (including phenoxy) is 1. The Hall–Kier alpha value is -3.32. The van der Waals surface area contributed by atoms with Gasteiger partial charge in [0, 0.05) is 36.7 Å². The number of hydrogen-bond acceptors (Lipinski definition) is 5. The van der Waals surface area contributed by atoms with Crippen molar-refractivity contribution >= 4 is 22.0 Å². The van der Waals surface area contributed by atoms with E-state index in [1.54, 1.807) is 4.90 Å². The Balaban J connectivity index is 1.56. The van der Waals surface area contributed by atoms with E-state index in [0.29, 0.717) is 31.5 Å². The second-order valence-corrected chi connectivity index (χ2v) is 10.3. The Labute approximate surface area is 198 Å². The van der Waals surface area contributed by atoms with E-state index in [-0.39, 0.29) is 28.7 Å². The number of amides is 2. The highest BCUT2D eigenvalue weighted by Crippen LogP contribution is 2.47. The van der Waals surface area contributed by atoms with E-state index >= 15 is 0 Å². The number of sulfonamides is 1. The monoisotopic (exact) mass is 513 g/mol. The molecule has 2 fully saturated rings. The molecule has 0 aliphatic carbocycles. The van der Waals surface area contributed by atoms with Crippen LogP contribution in [0.15, 0.2) is 53.4 Å². The number of carbonyl (C=O) groups excluding carboxylic acids is 1. The fourth-order valence-corrected chi connectivity index (χ4v) is 5.29. The summed E-state index contributed by atoms with van der Waals surface area (Å²) in [6, 6.07) is 10.1. The van der Waals surface area contributed by atoms with Crippen LogP contribution in [-0.4, -0.2) is 67.4 Å². The molecule has 2 aliphatic heterocycles. The summed E-state index contributed by atoms with van der Waals surface area (Å²) in [6.45, 7) is 0.845. The number of carbonyl (C=O) groups is 2. The molecular formula is C22H22F3N3O6S. The lowest BCUT2D eigenvalue weighted by Crippen LogP contribution is -2.68. The minimum atomic E-state index is -4.81. The number of likely N-dealkylation sites (tertiary alicyclic amines) is 2. The van der Waals surface area contributed by atoms with Crippen molar-refractivity contribution in [2.75, 3.05) is 19.6 Å². The van der Waals surface area contributed by atoms with Crippen LogP contribution in [0.3, 0.4) is 0 Å². The molecule has 2 unspecified atom stereocenters. The van der Waals surface area contributed by atoms with Gasteiger partial charge < -0.3 is 19.6 Å². The summed E-state index contributed by atoms with van der Waals surface area (Å²) in [5.41, 5.74) is 0.398. The van der Waals surface area contributed by atoms with E-state index in [1.165, 1.54) is 53.4 Å². The fourth-order valence-electron chi connectivity index (χ4n) is 4.78. The maximum absolute atomic E-state index is 13.2. The molecule has 2 atom stereocenters. The first kappa shape index (κ1) is 24.8. The number of nitrogens with two attached hydrogens (primary N) is 1. The molecule has 9 nitrogen and oxygen atoms in total. The molecule has 2 aromatic rings. The molecule has 188 valence electrons. The van der Waals surface area contributed by atoms with Gasteiger partial charge in [-0.1, -0.05) is 12.1 Å². The number of benzene rings is 2. The van der Waals surface area contributed by atoms with Gasteiger partial charge in [-0.15, -0.1) is 13.2 Å². The van der Waals surface area contributed by atoms with Gasteiger partial charge in [0.2, 0.25) is 10.0 Å². The molecular weight excluding hydrogens is 491 g/mol. The van der Waals surface area contributed by atoms with Crippen LogP contribution in [0.2, 0.25) is 0 Å². The first-order valence-electron chi connectivity index (χ1n) is 10.5. The van der Waals surface area contributed by atoms with E-state index in [9.17, 15) is 36.3 Å². The number of hydrogen-bond donors (Lipinski definition) is 2. The lowest BCUT2D eigenvalue weighted by atomic mass is 9.68. The maximum Gasteiger partial charge on any atom is 0.573 e. The van der Waals surface area contributed by atoms with E-state index in [0.717, 1.165) is 0 Å². The van der Waals surface area contributed by atoms with Gasteiger partial charge in [0.25, 0.3) is 5.91 Å². The third-order valence-corrected chi connectivity index (χ3v) is 7.43. The molecule has 0 aromatic heterocycles. The largest absolute Gasteiger partial charge is 0.573 e. The van der Waals surface area contributed by atoms with Crippen LogP contribution in [0.1, 0.15) is 22.3 Å². The maximum atomic E-state index is 13.2. The van der Waals surface area contributed by atoms with Crippen molar-refractivity contribution in [1.82, 2.24) is 9.80 Å². The first-order valence-corrected chi connectivity index (χ1v) is 12.1. The smallest absolute Gasteiger partial charge is 0.465 e. The highest BCUT2D eigenvalue weighted by atomic mass is 32.2. The molecule has 35 heavy (non-hydrogen) atoms. The Bertz CT molecular complexity index is 1230. The molecule has 3 N–H and O–H groups in total. The molecule has 2 aliphatic rings. The Kier molecular flexibility index (Phi) is 6.18. The summed E-state index contributed by atoms with van der Waals surface area (Å²) in [7, 11) is -3.92. The van der Waals surface area contributed by atoms with Crippen molar-refractivity contribution in [3.05, 3.63) is 59.7 Å². The Morgan fingerprint density at radius 2 is 1.71 bits per heavy atom. The lowest BCUT2D eigenvalue weighted by molar-refractivity contribution is -0.274. The van der Waals surface area contributed by atoms with Gasteiger partial charge in [-0.2, -0.15) is 0 Å². The fraction of sp³-hybridized carbons (Fsp3) is 0.364. The lowest BCUT2D eigenvalue weighted by Gasteiger charge is -2.56. The second kappa shape index (κ2) is 8.72. The topological polar surface area (TPSA) is 130 Å². The van der Waals surface area contributed by atoms with E-state index in [4.69, 9.17) is 5.14 Å². The molecule has 1 spiro atoms. The molecule has 0 radical (unpaired) electrons. The summed E-state index contributed by atoms with van der Waals surface area (Å²) in [5.74, 6) is -0.738. The van der Waals surface area contributed by atoms with Gasteiger partial charge >= 0.3 is 12.5 Å². The predicted molar refractivity (Wildman–Crippen MR) is 116 cm³/mol. The van der Waals surface area contributed by atoms with Crippen molar-refractivity contribution in [3.8, 4) is 5.75 Å². The third-order valence-electron chi connectivity index (χ3n) is 6.50. The van der Waals surface area contributed by atoms with Gasteiger partial charge in [-0.3, -0.25) is 4.79 Å². The van der Waals surface area contributed by atoms with Gasteiger partial charge in [0.05, 0.1) is 4.90 Å². The molecule has 2 saturated heterocycles. The SMILES string of the molecule is NS(=O)(=O)c1ccc(C(=O)N2CC3(CCN(C(=O)O)C3)C2Cc2ccc(OC(F)(F)F)cc2)cc1. The van der Waals surface area contributed by atoms with Crippen LogP contribution in [0, 0.1) is 5.41 Å². The normalized spacial score (nSPS) is 22.2. The van der Waals surface area contributed by atoms with Gasteiger partial charge in [0.1, 0.15) is 5.75 Å². The zero-order valence-electron chi connectivity index (χ0n) is 18.2. The van der Waals surface area contributed by atoms with E-state index in [1.807, 2.05) is 0 Å². The summed E-state index contributed by atoms with van der Waals surface area (Å²) >= 11 is 0. The quantitative estimate of drug-likeness (QED) is 0.632. The predicted octanol–water partition coefficient (Wildman–Crippen LogP) is 2.67. The molecule has 2 amide bonds. The van der Waals surface area contributed by atoms with Crippen molar-refractivity contribution < 1.29 is 41.0 Å². The van der Waals surface area contributed by atoms with E-state index in [2.05, 4.69) is 4.74 Å². The zero-order chi connectivity index (χ0) is 25.6. The average Bonchev–Trinajstić information content (AvgIpc) is 3.23. The van der Waals surface area contributed by atoms with Crippen LogP contribution in [0.4, 0.5) is 18.0 Å². The van der Waals surface area contributed by atoms with Gasteiger partial charge in [-0.25, -0.2) is 18.4 Å². The van der Waals surface area contributed by atoms with Crippen molar-refractivity contribution in [2.24, 2.45) is 10.6 Å². The van der Waals surface area contributed by atoms with Crippen LogP contribution < -0.4 is 9.88 Å². The van der Waals surface area contributed by atoms with Crippen LogP contribution in [-0.2, 0) is 16.4 Å². The number of alkyl halides is 3. The van der Waals surface area contributed by atoms with Gasteiger partial charge in [-0.05, 0) is 54.8 Å². The summed E-state index contributed by atoms with van der Waals surface area (Å²) in [5, 5.41) is 14.5. The highest BCUT2D eigenvalue weighted by Gasteiger charge is 2.57. The van der Waals surface area contributed by atoms with Crippen LogP contribution >= 0.6 is 0 Å². The van der Waals surface area contributed by atoms with Crippen LogP contribution in [0.5, 0.6) is 5.75 Å². The van der Waals surface area contributed by atoms with Crippen LogP contribution in [0.25, 0.3) is 0 Å². The average molecular weight is 513 g/mol. The molecule has 13 heteroatoms. The summed E-state index contributed by atoms with van der Waals surface area (Å²) < 4.78 is 64.2. The molecule has 2 heterocycles. The number of halogens is 3. The molecule has 2 aromatic carbocycles. The number of nitrogens with zero attached hydrogens (tertiary/aromatic N) is 2. The third kappa shape index (κ3) is 5.20. The van der Waals surface area contributed by atoms with Gasteiger partial charge in [0.15, 0.2) is 0 Å². The zero-order valence-corrected chi connectivity index (χ0v) is 19.1. The highest BCUT2D eigenvalue weighted by molar-refractivity contribution is 7.89. The Morgan fingerprint density at radius 3 is 2.23 bits per heavy atom. The molecule has 0 saturated carbocycles. The molecule has 4 rings (SSSR count). The Morgan fingerprint density at radius 1 is 1.09 bits per heavy atom. The van der Waals surface area contributed by atoms with Crippen molar-refractivity contribution in [2.45, 2.75) is 30.1 Å². The minimum absolute atomic E-state index is 0.139. The van der Waals surface area contributed by atoms with Crippen molar-refractivity contribution in [1.29, 1.82) is 0 Å². The second-order valence-electron chi connectivity index (χ2n) is 8.73. The first-order chi connectivity index (χ1) is 16.3.